The van der Waals surface area contributed by atoms with Gasteiger partial charge in [-0.1, -0.05) is 46.3 Å². The van der Waals surface area contributed by atoms with Crippen molar-refractivity contribution in [3.8, 4) is 5.75 Å². The predicted octanol–water partition coefficient (Wildman–Crippen LogP) is 3.75. The van der Waals surface area contributed by atoms with Gasteiger partial charge in [-0.15, -0.1) is 0 Å². The smallest absolute Gasteiger partial charge is 0.227 e. The van der Waals surface area contributed by atoms with Gasteiger partial charge in [0.1, 0.15) is 5.75 Å². The van der Waals surface area contributed by atoms with Gasteiger partial charge in [0.25, 0.3) is 0 Å². The van der Waals surface area contributed by atoms with Gasteiger partial charge < -0.3 is 15.2 Å². The van der Waals surface area contributed by atoms with Gasteiger partial charge in [-0.3, -0.25) is 9.69 Å². The number of halogens is 1. The van der Waals surface area contributed by atoms with Crippen LogP contribution in [0.15, 0.2) is 46.9 Å². The molecule has 0 aliphatic carbocycles. The fraction of sp³-hybridized carbons (Fsp3) is 0.381. The lowest BCUT2D eigenvalue weighted by molar-refractivity contribution is -0.123. The van der Waals surface area contributed by atoms with Gasteiger partial charge in [-0.05, 0) is 31.5 Å². The van der Waals surface area contributed by atoms with Crippen molar-refractivity contribution in [2.45, 2.75) is 32.3 Å². The fourth-order valence-corrected chi connectivity index (χ4v) is 4.39. The first kappa shape index (κ1) is 18.5. The number of amides is 1. The second-order valence-electron chi connectivity index (χ2n) is 7.20. The number of nitrogens with zero attached hydrogens (tertiary/aromatic N) is 1. The summed E-state index contributed by atoms with van der Waals surface area (Å²) in [4.78, 5) is 13.9. The Bertz CT molecular complexity index is 828. The highest BCUT2D eigenvalue weighted by Gasteiger charge is 2.28. The van der Waals surface area contributed by atoms with Crippen LogP contribution in [0, 0.1) is 5.92 Å². The van der Waals surface area contributed by atoms with Crippen LogP contribution >= 0.6 is 15.9 Å². The monoisotopic (exact) mass is 430 g/mol. The normalized spacial score (nSPS) is 22.7. The number of rotatable bonds is 4. The number of carbonyl (C=O) groups is 1. The summed E-state index contributed by atoms with van der Waals surface area (Å²) in [6.45, 7) is 2.90. The van der Waals surface area contributed by atoms with E-state index in [1.165, 1.54) is 0 Å². The predicted molar refractivity (Wildman–Crippen MR) is 106 cm³/mol. The van der Waals surface area contributed by atoms with E-state index in [0.717, 1.165) is 52.8 Å². The van der Waals surface area contributed by atoms with Crippen molar-refractivity contribution >= 4 is 21.8 Å². The molecular formula is C21H23BrN2O3. The van der Waals surface area contributed by atoms with Crippen LogP contribution in [0.1, 0.15) is 35.8 Å². The van der Waals surface area contributed by atoms with Gasteiger partial charge in [0.15, 0.2) is 0 Å². The Morgan fingerprint density at radius 2 is 2.07 bits per heavy atom. The average Bonchev–Trinajstić information content (AvgIpc) is 2.68. The summed E-state index contributed by atoms with van der Waals surface area (Å²) in [7, 11) is 0. The number of hydrogen-bond donors (Lipinski definition) is 1. The van der Waals surface area contributed by atoms with Crippen LogP contribution in [-0.2, 0) is 22.7 Å². The molecule has 1 saturated heterocycles. The number of nitrogens with two attached hydrogens (primary N) is 1. The van der Waals surface area contributed by atoms with Crippen LogP contribution in [0.3, 0.4) is 0 Å². The van der Waals surface area contributed by atoms with E-state index in [2.05, 4.69) is 26.9 Å². The van der Waals surface area contributed by atoms with Gasteiger partial charge in [0.2, 0.25) is 12.2 Å². The maximum absolute atomic E-state index is 11.6. The lowest BCUT2D eigenvalue weighted by Crippen LogP contribution is -2.40. The van der Waals surface area contributed by atoms with Crippen LogP contribution in [-0.4, -0.2) is 23.9 Å². The zero-order chi connectivity index (χ0) is 18.8. The molecule has 5 nitrogen and oxygen atoms in total. The minimum Gasteiger partial charge on any atom is -0.460 e. The van der Waals surface area contributed by atoms with Crippen molar-refractivity contribution < 1.29 is 14.3 Å². The zero-order valence-electron chi connectivity index (χ0n) is 15.1. The molecule has 2 aromatic carbocycles. The number of primary amides is 1. The molecule has 142 valence electrons. The van der Waals surface area contributed by atoms with E-state index in [-0.39, 0.29) is 11.8 Å². The molecule has 2 aliphatic heterocycles. The molecule has 0 radical (unpaired) electrons. The third-order valence-electron chi connectivity index (χ3n) is 5.20. The minimum atomic E-state index is -0.404. The molecule has 27 heavy (non-hydrogen) atoms. The maximum Gasteiger partial charge on any atom is 0.227 e. The van der Waals surface area contributed by atoms with Crippen LogP contribution < -0.4 is 10.5 Å². The number of fused-ring (bicyclic) bond motifs is 1. The first-order chi connectivity index (χ1) is 13.1. The number of benzene rings is 2. The summed E-state index contributed by atoms with van der Waals surface area (Å²) in [6.07, 6.45) is 1.46. The van der Waals surface area contributed by atoms with Crippen molar-refractivity contribution in [1.82, 2.24) is 4.90 Å². The molecule has 6 heteroatoms. The van der Waals surface area contributed by atoms with Gasteiger partial charge in [0, 0.05) is 34.3 Å². The Kier molecular flexibility index (Phi) is 5.48. The quantitative estimate of drug-likeness (QED) is 0.801. The van der Waals surface area contributed by atoms with Crippen LogP contribution in [0.2, 0.25) is 0 Å². The zero-order valence-corrected chi connectivity index (χ0v) is 16.7. The molecule has 2 aliphatic rings. The Hall–Kier alpha value is -1.89. The first-order valence-corrected chi connectivity index (χ1v) is 10.1. The second-order valence-corrected chi connectivity index (χ2v) is 8.12. The summed E-state index contributed by atoms with van der Waals surface area (Å²) >= 11 is 3.60. The number of carbonyl (C=O) groups excluding carboxylic acids is 1. The van der Waals surface area contributed by atoms with E-state index >= 15 is 0 Å². The summed E-state index contributed by atoms with van der Waals surface area (Å²) < 4.78 is 13.2. The van der Waals surface area contributed by atoms with Crippen molar-refractivity contribution in [3.63, 3.8) is 0 Å². The van der Waals surface area contributed by atoms with Crippen molar-refractivity contribution in [1.29, 1.82) is 0 Å². The number of ether oxygens (including phenoxy) is 2. The average molecular weight is 431 g/mol. The lowest BCUT2D eigenvalue weighted by atomic mass is 9.96. The number of hydrogen-bond acceptors (Lipinski definition) is 4. The molecule has 2 heterocycles. The summed E-state index contributed by atoms with van der Waals surface area (Å²) in [5.41, 5.74) is 8.67. The van der Waals surface area contributed by atoms with Crippen molar-refractivity contribution in [3.05, 3.63) is 63.6 Å². The minimum absolute atomic E-state index is 0.0666. The van der Waals surface area contributed by atoms with Crippen molar-refractivity contribution in [2.24, 2.45) is 11.7 Å². The molecule has 4 rings (SSSR count). The number of likely N-dealkylation sites (tertiary alicyclic amines) is 1. The van der Waals surface area contributed by atoms with Crippen LogP contribution in [0.25, 0.3) is 0 Å². The molecule has 1 amide bonds. The standard InChI is InChI=1S/C21H23BrN2O3/c22-18-9-16(12-24-8-4-7-15(11-24)20(23)25)19-17(10-18)13-26-21(27-19)14-5-2-1-3-6-14/h1-3,5-6,9-10,15,21H,4,7-8,11-13H2,(H2,23,25)/t15-,21-/m0/s1. The van der Waals surface area contributed by atoms with Gasteiger partial charge >= 0.3 is 0 Å². The molecule has 0 bridgehead atoms. The van der Waals surface area contributed by atoms with Gasteiger partial charge in [-0.2, -0.15) is 0 Å². The topological polar surface area (TPSA) is 64.8 Å². The largest absolute Gasteiger partial charge is 0.460 e. The van der Waals surface area contributed by atoms with E-state index in [4.69, 9.17) is 15.2 Å². The van der Waals surface area contributed by atoms with E-state index in [1.807, 2.05) is 36.4 Å². The summed E-state index contributed by atoms with van der Waals surface area (Å²) in [5.74, 6) is 0.618. The highest BCUT2D eigenvalue weighted by Crippen LogP contribution is 2.38. The highest BCUT2D eigenvalue weighted by atomic mass is 79.9. The SMILES string of the molecule is NC(=O)[C@H]1CCCN(Cc2cc(Br)cc3c2O[C@@H](c2ccccc2)OC3)C1. The third kappa shape index (κ3) is 4.18. The van der Waals surface area contributed by atoms with E-state index < -0.39 is 6.29 Å². The Morgan fingerprint density at radius 1 is 1.26 bits per heavy atom. The highest BCUT2D eigenvalue weighted by molar-refractivity contribution is 9.10. The van der Waals surface area contributed by atoms with Crippen molar-refractivity contribution in [2.75, 3.05) is 13.1 Å². The molecule has 1 fully saturated rings. The van der Waals surface area contributed by atoms with E-state index in [0.29, 0.717) is 13.2 Å². The van der Waals surface area contributed by atoms with Gasteiger partial charge in [-0.25, -0.2) is 0 Å². The Labute approximate surface area is 167 Å². The van der Waals surface area contributed by atoms with Gasteiger partial charge in [0.05, 0.1) is 12.5 Å². The molecule has 0 aromatic heterocycles. The maximum atomic E-state index is 11.6. The first-order valence-electron chi connectivity index (χ1n) is 9.26. The molecule has 0 unspecified atom stereocenters. The molecule has 0 saturated carbocycles. The van der Waals surface area contributed by atoms with Crippen LogP contribution in [0.5, 0.6) is 5.75 Å². The molecular weight excluding hydrogens is 408 g/mol. The number of piperidine rings is 1. The molecule has 0 spiro atoms. The third-order valence-corrected chi connectivity index (χ3v) is 5.65. The molecule has 2 N–H and O–H groups in total. The van der Waals surface area contributed by atoms with Crippen LogP contribution in [0.4, 0.5) is 0 Å². The Balaban J connectivity index is 1.57. The Morgan fingerprint density at radius 3 is 2.85 bits per heavy atom. The lowest BCUT2D eigenvalue weighted by Gasteiger charge is -2.33. The second kappa shape index (κ2) is 8.00. The molecule has 2 aromatic rings. The van der Waals surface area contributed by atoms with E-state index in [9.17, 15) is 4.79 Å². The molecule has 2 atom stereocenters. The summed E-state index contributed by atoms with van der Waals surface area (Å²) in [6, 6.07) is 14.1. The summed E-state index contributed by atoms with van der Waals surface area (Å²) in [5, 5.41) is 0. The van der Waals surface area contributed by atoms with E-state index in [1.54, 1.807) is 0 Å². The fourth-order valence-electron chi connectivity index (χ4n) is 3.84.